The van der Waals surface area contributed by atoms with Crippen molar-refractivity contribution in [1.29, 1.82) is 0 Å². The molecule has 5 heteroatoms. The van der Waals surface area contributed by atoms with Crippen molar-refractivity contribution in [2.75, 3.05) is 6.61 Å². The highest BCUT2D eigenvalue weighted by Gasteiger charge is 2.08. The van der Waals surface area contributed by atoms with E-state index in [0.717, 1.165) is 16.6 Å². The lowest BCUT2D eigenvalue weighted by atomic mass is 10.1. The molecule has 0 aliphatic rings. The summed E-state index contributed by atoms with van der Waals surface area (Å²) in [6.45, 7) is 2.72. The summed E-state index contributed by atoms with van der Waals surface area (Å²) in [5.41, 5.74) is 2.25. The molecule has 0 amide bonds. The van der Waals surface area contributed by atoms with Crippen LogP contribution in [-0.4, -0.2) is 22.1 Å². The fourth-order valence-electron chi connectivity index (χ4n) is 2.48. The number of nitrogens with zero attached hydrogens (tertiary/aromatic N) is 2. The number of esters is 1. The van der Waals surface area contributed by atoms with E-state index >= 15 is 0 Å². The van der Waals surface area contributed by atoms with Crippen LogP contribution in [0.3, 0.4) is 0 Å². The van der Waals surface area contributed by atoms with Crippen LogP contribution in [0.4, 0.5) is 0 Å². The maximum atomic E-state index is 12.1. The Morgan fingerprint density at radius 3 is 2.88 bits per heavy atom. The molecule has 0 radical (unpaired) electrons. The van der Waals surface area contributed by atoms with E-state index in [-0.39, 0.29) is 18.1 Å². The highest BCUT2D eigenvalue weighted by Crippen LogP contribution is 2.15. The zero-order valence-corrected chi connectivity index (χ0v) is 13.4. The summed E-state index contributed by atoms with van der Waals surface area (Å²) in [6.07, 6.45) is 2.31. The predicted octanol–water partition coefficient (Wildman–Crippen LogP) is 2.95. The fourth-order valence-corrected chi connectivity index (χ4v) is 2.48. The third kappa shape index (κ3) is 3.68. The lowest BCUT2D eigenvalue weighted by Crippen LogP contribution is -2.19. The van der Waals surface area contributed by atoms with Gasteiger partial charge in [-0.25, -0.2) is 4.79 Å². The first-order valence-corrected chi connectivity index (χ1v) is 7.83. The number of carbonyl (C=O) groups excluding carboxylic acids is 1. The Kier molecular flexibility index (Phi) is 4.70. The van der Waals surface area contributed by atoms with Crippen molar-refractivity contribution in [1.82, 2.24) is 9.55 Å². The van der Waals surface area contributed by atoms with Crippen molar-refractivity contribution in [2.45, 2.75) is 19.9 Å². The molecule has 1 aromatic carbocycles. The molecule has 0 bridgehead atoms. The lowest BCUT2D eigenvalue weighted by Gasteiger charge is -2.07. The fraction of sp³-hybridized carbons (Fsp3) is 0.211. The minimum Gasteiger partial charge on any atom is -0.462 e. The lowest BCUT2D eigenvalue weighted by molar-refractivity contribution is 0.0496. The Morgan fingerprint density at radius 1 is 1.17 bits per heavy atom. The van der Waals surface area contributed by atoms with Crippen molar-refractivity contribution in [3.8, 4) is 0 Å². The van der Waals surface area contributed by atoms with Crippen LogP contribution >= 0.6 is 0 Å². The number of aryl methyl sites for hydroxylation is 2. The Bertz CT molecular complexity index is 931. The van der Waals surface area contributed by atoms with Crippen molar-refractivity contribution in [2.24, 2.45) is 0 Å². The van der Waals surface area contributed by atoms with Crippen LogP contribution in [0.15, 0.2) is 59.5 Å². The molecule has 0 unspecified atom stereocenters. The van der Waals surface area contributed by atoms with Crippen molar-refractivity contribution < 1.29 is 9.53 Å². The first kappa shape index (κ1) is 15.9. The molecule has 3 aromatic rings. The molecule has 2 aromatic heterocycles. The van der Waals surface area contributed by atoms with Gasteiger partial charge in [0, 0.05) is 29.9 Å². The topological polar surface area (TPSA) is 61.2 Å². The summed E-state index contributed by atoms with van der Waals surface area (Å²) in [5.74, 6) is -0.363. The van der Waals surface area contributed by atoms with E-state index in [1.807, 2.05) is 25.1 Å². The minimum atomic E-state index is -0.363. The monoisotopic (exact) mass is 322 g/mol. The number of rotatable bonds is 5. The summed E-state index contributed by atoms with van der Waals surface area (Å²) in [7, 11) is 0. The van der Waals surface area contributed by atoms with Gasteiger partial charge in [0.2, 0.25) is 5.56 Å². The number of ether oxygens (including phenoxy) is 1. The van der Waals surface area contributed by atoms with Gasteiger partial charge in [0.25, 0.3) is 0 Å². The Balaban J connectivity index is 1.58. The molecule has 5 nitrogen and oxygen atoms in total. The zero-order valence-electron chi connectivity index (χ0n) is 13.4. The molecule has 0 aliphatic heterocycles. The third-order valence-electron chi connectivity index (χ3n) is 3.74. The minimum absolute atomic E-state index is 0.0545. The number of carbonyl (C=O) groups is 1. The van der Waals surface area contributed by atoms with Crippen LogP contribution in [0.1, 0.15) is 22.5 Å². The number of pyridine rings is 2. The average molecular weight is 322 g/mol. The van der Waals surface area contributed by atoms with Gasteiger partial charge in [0.05, 0.1) is 17.7 Å². The van der Waals surface area contributed by atoms with Gasteiger partial charge in [-0.05, 0) is 43.7 Å². The van der Waals surface area contributed by atoms with E-state index < -0.39 is 0 Å². The van der Waals surface area contributed by atoms with Gasteiger partial charge in [-0.1, -0.05) is 12.1 Å². The van der Waals surface area contributed by atoms with Gasteiger partial charge in [0.15, 0.2) is 0 Å². The molecule has 0 atom stereocenters. The number of hydrogen-bond acceptors (Lipinski definition) is 4. The Labute approximate surface area is 139 Å². The second-order valence-electron chi connectivity index (χ2n) is 5.58. The van der Waals surface area contributed by atoms with Crippen LogP contribution < -0.4 is 5.56 Å². The van der Waals surface area contributed by atoms with Crippen molar-refractivity contribution >= 4 is 16.9 Å². The van der Waals surface area contributed by atoms with Gasteiger partial charge in [0.1, 0.15) is 0 Å². The van der Waals surface area contributed by atoms with E-state index in [4.69, 9.17) is 4.74 Å². The van der Waals surface area contributed by atoms with Gasteiger partial charge in [-0.3, -0.25) is 9.78 Å². The summed E-state index contributed by atoms with van der Waals surface area (Å²) in [6, 6.07) is 14.2. The highest BCUT2D eigenvalue weighted by atomic mass is 16.5. The van der Waals surface area contributed by atoms with Gasteiger partial charge in [-0.2, -0.15) is 0 Å². The van der Waals surface area contributed by atoms with E-state index in [1.54, 1.807) is 35.0 Å². The number of hydrogen-bond donors (Lipinski definition) is 0. The second kappa shape index (κ2) is 7.08. The molecule has 0 N–H and O–H groups in total. The standard InChI is InChI=1S/C19H18N2O3/c1-14-6-7-15-13-16(8-9-17(15)20-14)19(23)24-12-4-11-21-10-3-2-5-18(21)22/h2-3,5-10,13H,4,11-12H2,1H3. The summed E-state index contributed by atoms with van der Waals surface area (Å²) in [5, 5.41) is 0.908. The van der Waals surface area contributed by atoms with Gasteiger partial charge >= 0.3 is 5.97 Å². The molecule has 122 valence electrons. The van der Waals surface area contributed by atoms with Crippen LogP contribution in [-0.2, 0) is 11.3 Å². The van der Waals surface area contributed by atoms with E-state index in [0.29, 0.717) is 18.5 Å². The number of benzene rings is 1. The normalized spacial score (nSPS) is 10.7. The molecule has 0 spiro atoms. The molecule has 0 aliphatic carbocycles. The smallest absolute Gasteiger partial charge is 0.338 e. The largest absolute Gasteiger partial charge is 0.462 e. The average Bonchev–Trinajstić information content (AvgIpc) is 2.59. The zero-order chi connectivity index (χ0) is 16.9. The molecule has 0 saturated heterocycles. The van der Waals surface area contributed by atoms with Crippen molar-refractivity contribution in [3.63, 3.8) is 0 Å². The quantitative estimate of drug-likeness (QED) is 0.535. The molecular formula is C19H18N2O3. The van der Waals surface area contributed by atoms with Crippen LogP contribution in [0.5, 0.6) is 0 Å². The van der Waals surface area contributed by atoms with Crippen LogP contribution in [0.25, 0.3) is 10.9 Å². The first-order valence-electron chi connectivity index (χ1n) is 7.83. The first-order chi connectivity index (χ1) is 11.6. The molecule has 24 heavy (non-hydrogen) atoms. The number of fused-ring (bicyclic) bond motifs is 1. The van der Waals surface area contributed by atoms with Gasteiger partial charge < -0.3 is 9.30 Å². The molecular weight excluding hydrogens is 304 g/mol. The summed E-state index contributed by atoms with van der Waals surface area (Å²) in [4.78, 5) is 28.1. The maximum Gasteiger partial charge on any atom is 0.338 e. The summed E-state index contributed by atoms with van der Waals surface area (Å²) >= 11 is 0. The third-order valence-corrected chi connectivity index (χ3v) is 3.74. The predicted molar refractivity (Wildman–Crippen MR) is 92.1 cm³/mol. The maximum absolute atomic E-state index is 12.1. The second-order valence-corrected chi connectivity index (χ2v) is 5.58. The molecule has 2 heterocycles. The molecule has 0 fully saturated rings. The van der Waals surface area contributed by atoms with Crippen LogP contribution in [0.2, 0.25) is 0 Å². The molecule has 0 saturated carbocycles. The number of aromatic nitrogens is 2. The SMILES string of the molecule is Cc1ccc2cc(C(=O)OCCCn3ccccc3=O)ccc2n1. The van der Waals surface area contributed by atoms with Crippen molar-refractivity contribution in [3.05, 3.63) is 76.3 Å². The van der Waals surface area contributed by atoms with E-state index in [1.165, 1.54) is 6.07 Å². The Hall–Kier alpha value is -2.95. The van der Waals surface area contributed by atoms with E-state index in [9.17, 15) is 9.59 Å². The summed E-state index contributed by atoms with van der Waals surface area (Å²) < 4.78 is 6.88. The van der Waals surface area contributed by atoms with E-state index in [2.05, 4.69) is 4.98 Å². The van der Waals surface area contributed by atoms with Gasteiger partial charge in [-0.15, -0.1) is 0 Å². The Morgan fingerprint density at radius 2 is 2.04 bits per heavy atom. The highest BCUT2D eigenvalue weighted by molar-refractivity contribution is 5.94. The molecule has 3 rings (SSSR count). The van der Waals surface area contributed by atoms with Crippen LogP contribution in [0, 0.1) is 6.92 Å².